The number of rotatable bonds is 6. The van der Waals surface area contributed by atoms with Crippen molar-refractivity contribution in [1.82, 2.24) is 10.1 Å². The van der Waals surface area contributed by atoms with E-state index >= 15 is 0 Å². The number of hydrogen-bond donors (Lipinski definition) is 1. The molecule has 2 atom stereocenters. The summed E-state index contributed by atoms with van der Waals surface area (Å²) < 4.78 is 10.7. The van der Waals surface area contributed by atoms with Crippen LogP contribution in [-0.4, -0.2) is 17.3 Å². The van der Waals surface area contributed by atoms with E-state index in [4.69, 9.17) is 15.0 Å². The van der Waals surface area contributed by atoms with Crippen molar-refractivity contribution in [2.45, 2.75) is 31.9 Å². The molecule has 1 aromatic carbocycles. The van der Waals surface area contributed by atoms with Gasteiger partial charge in [0.05, 0.1) is 6.04 Å². The maximum absolute atomic E-state index is 5.96. The normalized spacial score (nSPS) is 14.3. The van der Waals surface area contributed by atoms with Gasteiger partial charge in [0.15, 0.2) is 0 Å². The summed E-state index contributed by atoms with van der Waals surface area (Å²) in [5, 5.41) is 3.98. The molecule has 0 radical (unpaired) electrons. The summed E-state index contributed by atoms with van der Waals surface area (Å²) in [6.45, 7) is 2.07. The van der Waals surface area contributed by atoms with E-state index in [0.717, 1.165) is 18.4 Å². The number of benzene rings is 1. The Balaban J connectivity index is 2.21. The Morgan fingerprint density at radius 2 is 2.05 bits per heavy atom. The predicted molar refractivity (Wildman–Crippen MR) is 71.4 cm³/mol. The van der Waals surface area contributed by atoms with Gasteiger partial charge in [0.25, 0.3) is 0 Å². The average molecular weight is 261 g/mol. The fourth-order valence-electron chi connectivity index (χ4n) is 1.96. The SMILES string of the molecule is CCCC(N)c1nc(C(OC)c2ccccc2)no1. The molecule has 0 aliphatic carbocycles. The Morgan fingerprint density at radius 3 is 2.68 bits per heavy atom. The molecule has 0 bridgehead atoms. The molecule has 1 heterocycles. The van der Waals surface area contributed by atoms with E-state index in [-0.39, 0.29) is 12.1 Å². The maximum Gasteiger partial charge on any atom is 0.243 e. The summed E-state index contributed by atoms with van der Waals surface area (Å²) in [4.78, 5) is 4.35. The van der Waals surface area contributed by atoms with Crippen LogP contribution in [-0.2, 0) is 4.74 Å². The number of hydrogen-bond acceptors (Lipinski definition) is 5. The van der Waals surface area contributed by atoms with Crippen molar-refractivity contribution in [3.8, 4) is 0 Å². The lowest BCUT2D eigenvalue weighted by Crippen LogP contribution is -2.11. The number of methoxy groups -OCH3 is 1. The second kappa shape index (κ2) is 6.45. The second-order valence-electron chi connectivity index (χ2n) is 4.41. The van der Waals surface area contributed by atoms with Gasteiger partial charge in [-0.05, 0) is 12.0 Å². The molecule has 0 saturated carbocycles. The van der Waals surface area contributed by atoms with Crippen LogP contribution in [0, 0.1) is 0 Å². The molecule has 0 fully saturated rings. The molecule has 0 amide bonds. The molecule has 2 N–H and O–H groups in total. The average Bonchev–Trinajstić information content (AvgIpc) is 2.91. The smallest absolute Gasteiger partial charge is 0.243 e. The largest absolute Gasteiger partial charge is 0.369 e. The highest BCUT2D eigenvalue weighted by Gasteiger charge is 2.21. The third-order valence-electron chi connectivity index (χ3n) is 2.95. The topological polar surface area (TPSA) is 74.2 Å². The van der Waals surface area contributed by atoms with Gasteiger partial charge >= 0.3 is 0 Å². The van der Waals surface area contributed by atoms with Crippen molar-refractivity contribution < 1.29 is 9.26 Å². The Kier molecular flexibility index (Phi) is 4.65. The summed E-state index contributed by atoms with van der Waals surface area (Å²) in [6.07, 6.45) is 1.48. The zero-order valence-corrected chi connectivity index (χ0v) is 11.2. The summed E-state index contributed by atoms with van der Waals surface area (Å²) in [7, 11) is 1.62. The van der Waals surface area contributed by atoms with Crippen LogP contribution in [0.4, 0.5) is 0 Å². The fraction of sp³-hybridized carbons (Fsp3) is 0.429. The Bertz CT molecular complexity index is 498. The first-order valence-corrected chi connectivity index (χ1v) is 6.43. The number of nitrogens with two attached hydrogens (primary N) is 1. The molecule has 102 valence electrons. The van der Waals surface area contributed by atoms with Crippen molar-refractivity contribution in [3.05, 3.63) is 47.6 Å². The van der Waals surface area contributed by atoms with Crippen LogP contribution >= 0.6 is 0 Å². The Labute approximate surface area is 112 Å². The molecule has 0 spiro atoms. The third-order valence-corrected chi connectivity index (χ3v) is 2.95. The van der Waals surface area contributed by atoms with Crippen molar-refractivity contribution in [2.24, 2.45) is 5.73 Å². The van der Waals surface area contributed by atoms with Crippen molar-refractivity contribution in [1.29, 1.82) is 0 Å². The maximum atomic E-state index is 5.96. The summed E-state index contributed by atoms with van der Waals surface area (Å²) in [5.41, 5.74) is 6.95. The van der Waals surface area contributed by atoms with Gasteiger partial charge in [0, 0.05) is 7.11 Å². The van der Waals surface area contributed by atoms with Gasteiger partial charge in [0.1, 0.15) is 6.10 Å². The molecular formula is C14H19N3O2. The quantitative estimate of drug-likeness (QED) is 0.865. The molecule has 0 aliphatic heterocycles. The third kappa shape index (κ3) is 3.19. The van der Waals surface area contributed by atoms with Gasteiger partial charge in [-0.25, -0.2) is 0 Å². The minimum absolute atomic E-state index is 0.209. The first-order valence-electron chi connectivity index (χ1n) is 6.43. The first kappa shape index (κ1) is 13.7. The lowest BCUT2D eigenvalue weighted by Gasteiger charge is -2.11. The molecule has 5 nitrogen and oxygen atoms in total. The number of nitrogens with zero attached hydrogens (tertiary/aromatic N) is 2. The van der Waals surface area contributed by atoms with E-state index in [9.17, 15) is 0 Å². The molecule has 2 aromatic rings. The second-order valence-corrected chi connectivity index (χ2v) is 4.41. The lowest BCUT2D eigenvalue weighted by atomic mass is 10.1. The van der Waals surface area contributed by atoms with Crippen LogP contribution in [0.2, 0.25) is 0 Å². The van der Waals surface area contributed by atoms with Crippen LogP contribution < -0.4 is 5.73 Å². The minimum Gasteiger partial charge on any atom is -0.369 e. The van der Waals surface area contributed by atoms with Gasteiger partial charge in [-0.1, -0.05) is 48.8 Å². The Morgan fingerprint density at radius 1 is 1.32 bits per heavy atom. The van der Waals surface area contributed by atoms with Crippen molar-refractivity contribution in [2.75, 3.05) is 7.11 Å². The van der Waals surface area contributed by atoms with E-state index in [1.54, 1.807) is 7.11 Å². The molecular weight excluding hydrogens is 242 g/mol. The van der Waals surface area contributed by atoms with Gasteiger partial charge in [0.2, 0.25) is 11.7 Å². The minimum atomic E-state index is -0.326. The predicted octanol–water partition coefficient (Wildman–Crippen LogP) is 2.61. The summed E-state index contributed by atoms with van der Waals surface area (Å²) in [6, 6.07) is 9.58. The number of aromatic nitrogens is 2. The van der Waals surface area contributed by atoms with Gasteiger partial charge < -0.3 is 15.0 Å². The van der Waals surface area contributed by atoms with E-state index in [2.05, 4.69) is 17.1 Å². The zero-order chi connectivity index (χ0) is 13.7. The van der Waals surface area contributed by atoms with Gasteiger partial charge in [-0.15, -0.1) is 0 Å². The van der Waals surface area contributed by atoms with Crippen LogP contribution in [0.1, 0.15) is 49.2 Å². The van der Waals surface area contributed by atoms with Crippen LogP contribution in [0.15, 0.2) is 34.9 Å². The van der Waals surface area contributed by atoms with E-state index in [1.165, 1.54) is 0 Å². The first-order chi connectivity index (χ1) is 9.26. The molecule has 2 unspecified atom stereocenters. The van der Waals surface area contributed by atoms with Crippen molar-refractivity contribution in [3.63, 3.8) is 0 Å². The summed E-state index contributed by atoms with van der Waals surface area (Å²) >= 11 is 0. The Hall–Kier alpha value is -1.72. The zero-order valence-electron chi connectivity index (χ0n) is 11.2. The van der Waals surface area contributed by atoms with Gasteiger partial charge in [-0.2, -0.15) is 4.98 Å². The molecule has 1 aromatic heterocycles. The van der Waals surface area contributed by atoms with Gasteiger partial charge in [-0.3, -0.25) is 0 Å². The van der Waals surface area contributed by atoms with Crippen LogP contribution in [0.5, 0.6) is 0 Å². The van der Waals surface area contributed by atoms with E-state index in [1.807, 2.05) is 30.3 Å². The number of ether oxygens (including phenoxy) is 1. The highest BCUT2D eigenvalue weighted by Crippen LogP contribution is 2.24. The summed E-state index contributed by atoms with van der Waals surface area (Å²) in [5.74, 6) is 0.977. The molecule has 19 heavy (non-hydrogen) atoms. The molecule has 0 saturated heterocycles. The fourth-order valence-corrected chi connectivity index (χ4v) is 1.96. The van der Waals surface area contributed by atoms with Crippen molar-refractivity contribution >= 4 is 0 Å². The van der Waals surface area contributed by atoms with E-state index < -0.39 is 0 Å². The van der Waals surface area contributed by atoms with Crippen LogP contribution in [0.3, 0.4) is 0 Å². The highest BCUT2D eigenvalue weighted by atomic mass is 16.5. The molecule has 5 heteroatoms. The molecule has 0 aliphatic rings. The monoisotopic (exact) mass is 261 g/mol. The lowest BCUT2D eigenvalue weighted by molar-refractivity contribution is 0.126. The van der Waals surface area contributed by atoms with Crippen LogP contribution in [0.25, 0.3) is 0 Å². The van der Waals surface area contributed by atoms with E-state index in [0.29, 0.717) is 11.7 Å². The molecule has 2 rings (SSSR count). The standard InChI is InChI=1S/C14H19N3O2/c1-3-7-11(15)14-16-13(17-19-14)12(18-2)10-8-5-4-6-9-10/h4-6,8-9,11-12H,3,7,15H2,1-2H3. The highest BCUT2D eigenvalue weighted by molar-refractivity contribution is 5.22.